The molecule has 25 heavy (non-hydrogen) atoms. The number of nitrogens with one attached hydrogen (secondary N) is 2. The largest absolute Gasteiger partial charge is 0.474 e. The van der Waals surface area contributed by atoms with Gasteiger partial charge in [-0.05, 0) is 43.9 Å². The van der Waals surface area contributed by atoms with Gasteiger partial charge < -0.3 is 15.0 Å². The Hall–Kier alpha value is -3.14. The fraction of sp³-hybridized carbons (Fsp3) is 0.333. The third-order valence-electron chi connectivity index (χ3n) is 4.23. The molecule has 2 aromatic heterocycles. The molecular weight excluding hydrogens is 320 g/mol. The maximum atomic E-state index is 12.2. The molecule has 0 saturated heterocycles. The molecule has 1 fully saturated rings. The molecule has 0 atom stereocenters. The predicted molar refractivity (Wildman–Crippen MR) is 90.2 cm³/mol. The molecule has 0 aliphatic heterocycles. The summed E-state index contributed by atoms with van der Waals surface area (Å²) in [6.45, 7) is 0. The van der Waals surface area contributed by atoms with E-state index in [1.807, 2.05) is 6.07 Å². The first kappa shape index (κ1) is 16.7. The summed E-state index contributed by atoms with van der Waals surface area (Å²) < 4.78 is 5.82. The lowest BCUT2D eigenvalue weighted by molar-refractivity contribution is 0.0888. The zero-order valence-corrected chi connectivity index (χ0v) is 13.6. The highest BCUT2D eigenvalue weighted by Crippen LogP contribution is 2.23. The van der Waals surface area contributed by atoms with Gasteiger partial charge in [0.2, 0.25) is 5.88 Å². The van der Waals surface area contributed by atoms with Crippen LogP contribution in [0.25, 0.3) is 0 Å². The van der Waals surface area contributed by atoms with E-state index in [4.69, 9.17) is 10.00 Å². The molecule has 1 aliphatic rings. The Kier molecular flexibility index (Phi) is 5.09. The zero-order valence-electron chi connectivity index (χ0n) is 13.6. The molecule has 1 saturated carbocycles. The number of amides is 1. The molecule has 2 N–H and O–H groups in total. The normalized spacial score (nSPS) is 19.6. The van der Waals surface area contributed by atoms with Gasteiger partial charge in [0.1, 0.15) is 17.7 Å². The summed E-state index contributed by atoms with van der Waals surface area (Å²) in [6, 6.07) is 8.55. The minimum atomic E-state index is -0.385. The first-order valence-electron chi connectivity index (χ1n) is 8.17. The molecule has 1 amide bonds. The smallest absolute Gasteiger partial charge is 0.260 e. The second kappa shape index (κ2) is 7.62. The zero-order chi connectivity index (χ0) is 17.6. The highest BCUT2D eigenvalue weighted by Gasteiger charge is 2.24. The van der Waals surface area contributed by atoms with Crippen LogP contribution in [0.5, 0.6) is 5.88 Å². The molecular formula is C18H18N4O3. The van der Waals surface area contributed by atoms with Gasteiger partial charge in [0.05, 0.1) is 5.56 Å². The maximum absolute atomic E-state index is 12.2. The van der Waals surface area contributed by atoms with Crippen molar-refractivity contribution in [2.24, 2.45) is 0 Å². The lowest BCUT2D eigenvalue weighted by atomic mass is 9.92. The Balaban J connectivity index is 1.50. The number of pyridine rings is 2. The average molecular weight is 338 g/mol. The molecule has 0 aromatic carbocycles. The van der Waals surface area contributed by atoms with Crippen LogP contribution in [0.2, 0.25) is 0 Å². The summed E-state index contributed by atoms with van der Waals surface area (Å²) >= 11 is 0. The van der Waals surface area contributed by atoms with Crippen molar-refractivity contribution in [1.29, 1.82) is 5.26 Å². The number of nitrogens with zero attached hydrogens (tertiary/aromatic N) is 2. The Bertz CT molecular complexity index is 830. The van der Waals surface area contributed by atoms with Crippen LogP contribution in [0, 0.1) is 11.3 Å². The molecule has 1 aliphatic carbocycles. The van der Waals surface area contributed by atoms with Gasteiger partial charge in [0.25, 0.3) is 11.5 Å². The summed E-state index contributed by atoms with van der Waals surface area (Å²) in [4.78, 5) is 30.4. The number of rotatable bonds is 4. The lowest BCUT2D eigenvalue weighted by Gasteiger charge is -2.29. The SMILES string of the molecule is N#Cc1ccc(OC2CCC(NC(=O)c3ccc[nH]c3=O)CC2)nc1. The van der Waals surface area contributed by atoms with Crippen LogP contribution in [0.3, 0.4) is 0 Å². The number of aromatic amines is 1. The van der Waals surface area contributed by atoms with E-state index in [1.165, 1.54) is 18.5 Å². The predicted octanol–water partition coefficient (Wildman–Crippen LogP) is 1.76. The molecule has 7 heteroatoms. The number of carbonyl (C=O) groups is 1. The first-order chi connectivity index (χ1) is 12.2. The second-order valence-corrected chi connectivity index (χ2v) is 5.97. The number of H-pyrrole nitrogens is 1. The van der Waals surface area contributed by atoms with Crippen LogP contribution < -0.4 is 15.6 Å². The molecule has 0 unspecified atom stereocenters. The van der Waals surface area contributed by atoms with E-state index < -0.39 is 0 Å². The van der Waals surface area contributed by atoms with Gasteiger partial charge in [-0.15, -0.1) is 0 Å². The van der Waals surface area contributed by atoms with Crippen molar-refractivity contribution in [3.05, 3.63) is 58.1 Å². The topological polar surface area (TPSA) is 108 Å². The van der Waals surface area contributed by atoms with E-state index in [1.54, 1.807) is 18.2 Å². The number of ether oxygens (including phenoxy) is 1. The highest BCUT2D eigenvalue weighted by molar-refractivity contribution is 5.93. The fourth-order valence-corrected chi connectivity index (χ4v) is 2.88. The van der Waals surface area contributed by atoms with Gasteiger partial charge in [-0.3, -0.25) is 9.59 Å². The van der Waals surface area contributed by atoms with Gasteiger partial charge in [-0.2, -0.15) is 5.26 Å². The van der Waals surface area contributed by atoms with Crippen molar-refractivity contribution >= 4 is 5.91 Å². The van der Waals surface area contributed by atoms with E-state index >= 15 is 0 Å². The van der Waals surface area contributed by atoms with Crippen molar-refractivity contribution in [2.75, 3.05) is 0 Å². The monoisotopic (exact) mass is 338 g/mol. The van der Waals surface area contributed by atoms with Crippen LogP contribution in [-0.4, -0.2) is 28.0 Å². The van der Waals surface area contributed by atoms with E-state index in [9.17, 15) is 9.59 Å². The number of carbonyl (C=O) groups excluding carboxylic acids is 1. The third kappa shape index (κ3) is 4.23. The van der Waals surface area contributed by atoms with Gasteiger partial charge >= 0.3 is 0 Å². The van der Waals surface area contributed by atoms with Gasteiger partial charge in [-0.1, -0.05) is 0 Å². The molecule has 128 valence electrons. The molecule has 2 heterocycles. The molecule has 0 bridgehead atoms. The van der Waals surface area contributed by atoms with E-state index in [0.717, 1.165) is 25.7 Å². The minimum absolute atomic E-state index is 0.0286. The summed E-state index contributed by atoms with van der Waals surface area (Å²) in [5, 5.41) is 11.7. The Morgan fingerprint density at radius 2 is 2.08 bits per heavy atom. The first-order valence-corrected chi connectivity index (χ1v) is 8.17. The standard InChI is InChI=1S/C18H18N4O3/c19-10-12-3-8-16(21-11-12)25-14-6-4-13(5-7-14)22-18(24)15-2-1-9-20-17(15)23/h1-3,8-9,11,13-14H,4-7H2,(H,20,23)(H,22,24). The van der Waals surface area contributed by atoms with E-state index in [-0.39, 0.29) is 29.2 Å². The molecule has 0 spiro atoms. The quantitative estimate of drug-likeness (QED) is 0.883. The van der Waals surface area contributed by atoms with Crippen molar-refractivity contribution in [2.45, 2.75) is 37.8 Å². The summed E-state index contributed by atoms with van der Waals surface area (Å²) in [5.41, 5.74) is 0.237. The second-order valence-electron chi connectivity index (χ2n) is 5.97. The van der Waals surface area contributed by atoms with Crippen molar-refractivity contribution < 1.29 is 9.53 Å². The van der Waals surface area contributed by atoms with Gasteiger partial charge in [0, 0.05) is 24.5 Å². The Labute approximate surface area is 144 Å². The van der Waals surface area contributed by atoms with Crippen LogP contribution in [0.1, 0.15) is 41.6 Å². The Morgan fingerprint density at radius 3 is 2.72 bits per heavy atom. The van der Waals surface area contributed by atoms with Crippen molar-refractivity contribution in [3.8, 4) is 11.9 Å². The van der Waals surface area contributed by atoms with E-state index in [0.29, 0.717) is 11.4 Å². The molecule has 0 radical (unpaired) electrons. The number of hydrogen-bond acceptors (Lipinski definition) is 5. The highest BCUT2D eigenvalue weighted by atomic mass is 16.5. The van der Waals surface area contributed by atoms with Gasteiger partial charge in [0.15, 0.2) is 0 Å². The summed E-state index contributed by atoms with van der Waals surface area (Å²) in [5.74, 6) is 0.155. The number of hydrogen-bond donors (Lipinski definition) is 2. The van der Waals surface area contributed by atoms with Crippen LogP contribution in [0.4, 0.5) is 0 Å². The van der Waals surface area contributed by atoms with Crippen molar-refractivity contribution in [3.63, 3.8) is 0 Å². The summed E-state index contributed by atoms with van der Waals surface area (Å²) in [7, 11) is 0. The maximum Gasteiger partial charge on any atom is 0.260 e. The lowest BCUT2D eigenvalue weighted by Crippen LogP contribution is -2.41. The third-order valence-corrected chi connectivity index (χ3v) is 4.23. The average Bonchev–Trinajstić information content (AvgIpc) is 2.64. The van der Waals surface area contributed by atoms with Gasteiger partial charge in [-0.25, -0.2) is 4.98 Å². The van der Waals surface area contributed by atoms with Crippen LogP contribution >= 0.6 is 0 Å². The number of aromatic nitrogens is 2. The molecule has 3 rings (SSSR count). The van der Waals surface area contributed by atoms with E-state index in [2.05, 4.69) is 15.3 Å². The number of nitriles is 1. The minimum Gasteiger partial charge on any atom is -0.474 e. The van der Waals surface area contributed by atoms with Crippen LogP contribution in [-0.2, 0) is 0 Å². The molecule has 7 nitrogen and oxygen atoms in total. The Morgan fingerprint density at radius 1 is 1.28 bits per heavy atom. The fourth-order valence-electron chi connectivity index (χ4n) is 2.88. The summed E-state index contributed by atoms with van der Waals surface area (Å²) in [6.07, 6.45) is 6.15. The van der Waals surface area contributed by atoms with Crippen molar-refractivity contribution in [1.82, 2.24) is 15.3 Å². The molecule has 2 aromatic rings. The van der Waals surface area contributed by atoms with Crippen LogP contribution in [0.15, 0.2) is 41.5 Å².